The minimum Gasteiger partial charge on any atom is -0.469 e. The molecule has 0 unspecified atom stereocenters. The second-order valence-corrected chi connectivity index (χ2v) is 3.08. The first kappa shape index (κ1) is 13.2. The lowest BCUT2D eigenvalue weighted by Crippen LogP contribution is -1.98. The van der Waals surface area contributed by atoms with Crippen molar-refractivity contribution in [3.63, 3.8) is 0 Å². The number of allylic oxidation sites excluding steroid dienone is 2. The summed E-state index contributed by atoms with van der Waals surface area (Å²) in [7, 11) is 1.37. The highest BCUT2D eigenvalue weighted by molar-refractivity contribution is 6.27. The molecule has 0 radical (unpaired) electrons. The molecular formula is C10H15ClO3. The maximum atomic E-state index is 10.7. The molecule has 0 fully saturated rings. The molecule has 0 atom stereocenters. The predicted octanol–water partition coefficient (Wildman–Crippen LogP) is 2.08. The highest BCUT2D eigenvalue weighted by Crippen LogP contribution is 1.99. The van der Waals surface area contributed by atoms with Crippen LogP contribution < -0.4 is 0 Å². The van der Waals surface area contributed by atoms with Crippen molar-refractivity contribution in [2.45, 2.75) is 25.7 Å². The van der Waals surface area contributed by atoms with Gasteiger partial charge in [0.15, 0.2) is 5.78 Å². The number of carbonyl (C=O) groups excluding carboxylic acids is 2. The van der Waals surface area contributed by atoms with Crippen LogP contribution in [0.15, 0.2) is 12.2 Å². The van der Waals surface area contributed by atoms with Crippen LogP contribution >= 0.6 is 11.6 Å². The fourth-order valence-electron chi connectivity index (χ4n) is 0.853. The SMILES string of the molecule is COC(=O)CCC/C=C\CC(=O)CCl. The molecule has 0 heterocycles. The van der Waals surface area contributed by atoms with Gasteiger partial charge in [0.05, 0.1) is 13.0 Å². The van der Waals surface area contributed by atoms with Gasteiger partial charge in [-0.2, -0.15) is 0 Å². The van der Waals surface area contributed by atoms with Crippen LogP contribution in [0.4, 0.5) is 0 Å². The summed E-state index contributed by atoms with van der Waals surface area (Å²) in [6, 6.07) is 0. The molecule has 0 spiro atoms. The quantitative estimate of drug-likeness (QED) is 0.284. The van der Waals surface area contributed by atoms with E-state index in [9.17, 15) is 9.59 Å². The van der Waals surface area contributed by atoms with Crippen LogP contribution in [-0.2, 0) is 14.3 Å². The second kappa shape index (κ2) is 8.75. The Bertz CT molecular complexity index is 211. The van der Waals surface area contributed by atoms with E-state index in [1.54, 1.807) is 6.08 Å². The number of Topliss-reactive ketones (excluding diaryl/α,β-unsaturated/α-hetero) is 1. The number of ether oxygens (including phenoxy) is 1. The molecule has 0 aliphatic heterocycles. The highest BCUT2D eigenvalue weighted by atomic mass is 35.5. The average molecular weight is 219 g/mol. The van der Waals surface area contributed by atoms with Crippen LogP contribution in [0.2, 0.25) is 0 Å². The van der Waals surface area contributed by atoms with E-state index in [0.717, 1.165) is 12.8 Å². The summed E-state index contributed by atoms with van der Waals surface area (Å²) >= 11 is 5.31. The van der Waals surface area contributed by atoms with Gasteiger partial charge >= 0.3 is 5.97 Å². The van der Waals surface area contributed by atoms with Crippen LogP contribution in [0, 0.1) is 0 Å². The molecule has 0 aliphatic rings. The van der Waals surface area contributed by atoms with Crippen molar-refractivity contribution in [3.8, 4) is 0 Å². The fraction of sp³-hybridized carbons (Fsp3) is 0.600. The number of carbonyl (C=O) groups is 2. The number of esters is 1. The monoisotopic (exact) mass is 218 g/mol. The number of unbranched alkanes of at least 4 members (excludes halogenated alkanes) is 1. The van der Waals surface area contributed by atoms with E-state index in [2.05, 4.69) is 4.74 Å². The third-order valence-corrected chi connectivity index (χ3v) is 1.94. The fourth-order valence-corrected chi connectivity index (χ4v) is 0.963. The van der Waals surface area contributed by atoms with Crippen molar-refractivity contribution in [1.82, 2.24) is 0 Å². The van der Waals surface area contributed by atoms with Gasteiger partial charge < -0.3 is 4.74 Å². The number of rotatable bonds is 7. The van der Waals surface area contributed by atoms with E-state index in [1.807, 2.05) is 6.08 Å². The Morgan fingerprint density at radius 3 is 2.64 bits per heavy atom. The zero-order valence-electron chi connectivity index (χ0n) is 8.29. The van der Waals surface area contributed by atoms with Gasteiger partial charge in [-0.3, -0.25) is 9.59 Å². The van der Waals surface area contributed by atoms with Crippen molar-refractivity contribution < 1.29 is 14.3 Å². The highest BCUT2D eigenvalue weighted by Gasteiger charge is 1.97. The average Bonchev–Trinajstić information content (AvgIpc) is 2.22. The van der Waals surface area contributed by atoms with E-state index >= 15 is 0 Å². The molecule has 0 aromatic carbocycles. The molecule has 0 aromatic rings. The summed E-state index contributed by atoms with van der Waals surface area (Å²) in [5.74, 6) is -0.127. The van der Waals surface area contributed by atoms with Crippen molar-refractivity contribution >= 4 is 23.4 Å². The van der Waals surface area contributed by atoms with E-state index < -0.39 is 0 Å². The molecule has 0 rings (SSSR count). The topological polar surface area (TPSA) is 43.4 Å². The second-order valence-electron chi connectivity index (χ2n) is 2.82. The number of hydrogen-bond acceptors (Lipinski definition) is 3. The van der Waals surface area contributed by atoms with Crippen LogP contribution in [0.25, 0.3) is 0 Å². The van der Waals surface area contributed by atoms with Gasteiger partial charge in [0, 0.05) is 12.8 Å². The summed E-state index contributed by atoms with van der Waals surface area (Å²) in [6.07, 6.45) is 5.99. The molecule has 0 N–H and O–H groups in total. The van der Waals surface area contributed by atoms with Crippen molar-refractivity contribution in [2.75, 3.05) is 13.0 Å². The zero-order valence-corrected chi connectivity index (χ0v) is 9.05. The first-order valence-corrected chi connectivity index (χ1v) is 5.03. The van der Waals surface area contributed by atoms with Crippen LogP contribution in [-0.4, -0.2) is 24.7 Å². The normalized spacial score (nSPS) is 10.4. The lowest BCUT2D eigenvalue weighted by atomic mass is 10.2. The molecule has 0 bridgehead atoms. The first-order valence-electron chi connectivity index (χ1n) is 4.50. The number of methoxy groups -OCH3 is 1. The van der Waals surface area contributed by atoms with Gasteiger partial charge in [0.25, 0.3) is 0 Å². The predicted molar refractivity (Wildman–Crippen MR) is 55.4 cm³/mol. The first-order chi connectivity index (χ1) is 6.70. The Hall–Kier alpha value is -0.830. The van der Waals surface area contributed by atoms with Crippen LogP contribution in [0.3, 0.4) is 0 Å². The molecular weight excluding hydrogens is 204 g/mol. The maximum Gasteiger partial charge on any atom is 0.305 e. The number of ketones is 1. The molecule has 14 heavy (non-hydrogen) atoms. The van der Waals surface area contributed by atoms with E-state index in [1.165, 1.54) is 7.11 Å². The van der Waals surface area contributed by atoms with Gasteiger partial charge in [-0.15, -0.1) is 11.6 Å². The molecule has 4 heteroatoms. The summed E-state index contributed by atoms with van der Waals surface area (Å²) < 4.78 is 4.48. The number of hydrogen-bond donors (Lipinski definition) is 0. The van der Waals surface area contributed by atoms with Crippen LogP contribution in [0.5, 0.6) is 0 Å². The standard InChI is InChI=1S/C10H15ClO3/c1-14-10(13)7-5-3-2-4-6-9(12)8-11/h2,4H,3,5-8H2,1H3/b4-2-. The molecule has 0 aromatic heterocycles. The summed E-state index contributed by atoms with van der Waals surface area (Å²) in [6.45, 7) is 0. The van der Waals surface area contributed by atoms with E-state index in [4.69, 9.17) is 11.6 Å². The Morgan fingerprint density at radius 2 is 2.07 bits per heavy atom. The molecule has 0 saturated heterocycles. The lowest BCUT2D eigenvalue weighted by molar-refractivity contribution is -0.140. The Kier molecular flexibility index (Phi) is 8.24. The van der Waals surface area contributed by atoms with Gasteiger partial charge in [-0.25, -0.2) is 0 Å². The smallest absolute Gasteiger partial charge is 0.305 e. The summed E-state index contributed by atoms with van der Waals surface area (Å²) in [5, 5.41) is 0. The third-order valence-electron chi connectivity index (χ3n) is 1.64. The Labute approximate surface area is 89.1 Å². The molecule has 0 saturated carbocycles. The number of alkyl halides is 1. The van der Waals surface area contributed by atoms with Gasteiger partial charge in [-0.05, 0) is 12.8 Å². The largest absolute Gasteiger partial charge is 0.469 e. The molecule has 0 amide bonds. The summed E-state index contributed by atoms with van der Waals surface area (Å²) in [5.41, 5.74) is 0. The van der Waals surface area contributed by atoms with Gasteiger partial charge in [0.1, 0.15) is 0 Å². The van der Waals surface area contributed by atoms with Crippen molar-refractivity contribution in [3.05, 3.63) is 12.2 Å². The van der Waals surface area contributed by atoms with Crippen molar-refractivity contribution in [2.24, 2.45) is 0 Å². The summed E-state index contributed by atoms with van der Waals surface area (Å²) in [4.78, 5) is 21.4. The Balaban J connectivity index is 3.36. The van der Waals surface area contributed by atoms with E-state index in [-0.39, 0.29) is 17.6 Å². The van der Waals surface area contributed by atoms with Crippen molar-refractivity contribution in [1.29, 1.82) is 0 Å². The molecule has 80 valence electrons. The van der Waals surface area contributed by atoms with Gasteiger partial charge in [0.2, 0.25) is 0 Å². The zero-order chi connectivity index (χ0) is 10.8. The maximum absolute atomic E-state index is 10.7. The molecule has 3 nitrogen and oxygen atoms in total. The minimum atomic E-state index is -0.199. The Morgan fingerprint density at radius 1 is 1.36 bits per heavy atom. The van der Waals surface area contributed by atoms with Crippen LogP contribution in [0.1, 0.15) is 25.7 Å². The minimum absolute atomic E-state index is 0.0101. The third kappa shape index (κ3) is 7.80. The number of halogens is 1. The van der Waals surface area contributed by atoms with Gasteiger partial charge in [-0.1, -0.05) is 12.2 Å². The van der Waals surface area contributed by atoms with E-state index in [0.29, 0.717) is 12.8 Å². The molecule has 0 aliphatic carbocycles. The lowest BCUT2D eigenvalue weighted by Gasteiger charge is -1.95.